The summed E-state index contributed by atoms with van der Waals surface area (Å²) < 4.78 is 23.9. The van der Waals surface area contributed by atoms with Crippen LogP contribution in [0.5, 0.6) is 0 Å². The molecule has 0 unspecified atom stereocenters. The van der Waals surface area contributed by atoms with E-state index in [4.69, 9.17) is 23.2 Å². The average Bonchev–Trinajstić information content (AvgIpc) is 2.34. The highest BCUT2D eigenvalue weighted by molar-refractivity contribution is 7.74. The van der Waals surface area contributed by atoms with E-state index in [9.17, 15) is 8.42 Å². The van der Waals surface area contributed by atoms with Crippen LogP contribution >= 0.6 is 23.2 Å². The molecule has 0 aromatic heterocycles. The smallest absolute Gasteiger partial charge is 0.229 e. The first-order valence-electron chi connectivity index (χ1n) is 5.03. The Bertz CT molecular complexity index is 555. The number of thiol groups is 1. The molecular weight excluding hydrogens is 293 g/mol. The van der Waals surface area contributed by atoms with E-state index in [0.29, 0.717) is 21.4 Å². The standard InChI is InChI=1S/C12H9Cl2NO2S/c13-9-1-5-11(6-2-9)15(18(16)17)12-7-3-10(14)4-8-12/h1-8,18H. The van der Waals surface area contributed by atoms with Gasteiger partial charge < -0.3 is 0 Å². The molecule has 0 N–H and O–H groups in total. The first kappa shape index (κ1) is 13.2. The number of rotatable bonds is 3. The van der Waals surface area contributed by atoms with Crippen molar-refractivity contribution < 1.29 is 8.42 Å². The summed E-state index contributed by atoms with van der Waals surface area (Å²) >= 11 is 11.6. The minimum atomic E-state index is -2.79. The Labute approximate surface area is 117 Å². The lowest BCUT2D eigenvalue weighted by Crippen LogP contribution is -2.14. The van der Waals surface area contributed by atoms with E-state index < -0.39 is 10.9 Å². The van der Waals surface area contributed by atoms with Crippen LogP contribution in [0.15, 0.2) is 48.5 Å². The van der Waals surface area contributed by atoms with Gasteiger partial charge in [-0.3, -0.25) is 0 Å². The fourth-order valence-electron chi connectivity index (χ4n) is 1.50. The molecule has 0 aliphatic carbocycles. The van der Waals surface area contributed by atoms with Crippen molar-refractivity contribution in [3.63, 3.8) is 0 Å². The van der Waals surface area contributed by atoms with Crippen molar-refractivity contribution in [1.82, 2.24) is 0 Å². The first-order chi connectivity index (χ1) is 8.58. The van der Waals surface area contributed by atoms with Crippen molar-refractivity contribution in [2.45, 2.75) is 0 Å². The first-order valence-corrected chi connectivity index (χ1v) is 6.92. The highest BCUT2D eigenvalue weighted by Crippen LogP contribution is 2.27. The van der Waals surface area contributed by atoms with Gasteiger partial charge in [-0.15, -0.1) is 0 Å². The van der Waals surface area contributed by atoms with Crippen molar-refractivity contribution in [3.05, 3.63) is 58.6 Å². The van der Waals surface area contributed by atoms with Gasteiger partial charge in [0.2, 0.25) is 10.9 Å². The number of anilines is 2. The summed E-state index contributed by atoms with van der Waals surface area (Å²) in [6.45, 7) is 0. The number of hydrogen-bond donors (Lipinski definition) is 1. The molecule has 0 heterocycles. The van der Waals surface area contributed by atoms with E-state index in [-0.39, 0.29) is 0 Å². The normalized spacial score (nSPS) is 10.6. The van der Waals surface area contributed by atoms with Crippen LogP contribution in [0.1, 0.15) is 0 Å². The van der Waals surface area contributed by atoms with Crippen LogP contribution in [0.25, 0.3) is 0 Å². The molecule has 0 bridgehead atoms. The fraction of sp³-hybridized carbons (Fsp3) is 0. The number of hydrogen-bond acceptors (Lipinski definition) is 2. The molecule has 6 heteroatoms. The van der Waals surface area contributed by atoms with Crippen LogP contribution in [0, 0.1) is 0 Å². The Morgan fingerprint density at radius 2 is 1.06 bits per heavy atom. The second kappa shape index (κ2) is 5.61. The summed E-state index contributed by atoms with van der Waals surface area (Å²) in [4.78, 5) is 0. The van der Waals surface area contributed by atoms with Crippen LogP contribution < -0.4 is 4.31 Å². The molecule has 2 aromatic carbocycles. The minimum Gasteiger partial charge on any atom is -0.241 e. The van der Waals surface area contributed by atoms with Gasteiger partial charge in [-0.2, -0.15) is 0 Å². The highest BCUT2D eigenvalue weighted by atomic mass is 35.5. The Kier molecular flexibility index (Phi) is 4.11. The molecule has 0 aliphatic rings. The summed E-state index contributed by atoms with van der Waals surface area (Å²) in [6.07, 6.45) is 0. The van der Waals surface area contributed by atoms with Gasteiger partial charge in [0.25, 0.3) is 0 Å². The van der Waals surface area contributed by atoms with E-state index in [1.165, 1.54) is 4.31 Å². The van der Waals surface area contributed by atoms with Gasteiger partial charge in [0.05, 0.1) is 11.4 Å². The van der Waals surface area contributed by atoms with Gasteiger partial charge in [0.15, 0.2) is 0 Å². The van der Waals surface area contributed by atoms with Crippen LogP contribution in [-0.4, -0.2) is 8.42 Å². The molecule has 0 amide bonds. The number of nitrogens with zero attached hydrogens (tertiary/aromatic N) is 1. The zero-order valence-electron chi connectivity index (χ0n) is 9.09. The third-order valence-electron chi connectivity index (χ3n) is 2.31. The summed E-state index contributed by atoms with van der Waals surface area (Å²) in [7, 11) is -2.79. The van der Waals surface area contributed by atoms with Crippen molar-refractivity contribution >= 4 is 45.5 Å². The molecule has 0 saturated heterocycles. The maximum Gasteiger partial charge on any atom is 0.229 e. The molecule has 18 heavy (non-hydrogen) atoms. The molecular formula is C12H9Cl2NO2S. The van der Waals surface area contributed by atoms with Crippen LogP contribution in [0.2, 0.25) is 10.0 Å². The largest absolute Gasteiger partial charge is 0.241 e. The second-order valence-corrected chi connectivity index (χ2v) is 5.25. The molecule has 0 aliphatic heterocycles. The van der Waals surface area contributed by atoms with Gasteiger partial charge in [-0.1, -0.05) is 23.2 Å². The number of halogens is 2. The zero-order valence-corrected chi connectivity index (χ0v) is 11.5. The molecule has 0 atom stereocenters. The molecule has 0 spiro atoms. The molecule has 0 fully saturated rings. The van der Waals surface area contributed by atoms with E-state index in [1.54, 1.807) is 48.5 Å². The minimum absolute atomic E-state index is 0.526. The summed E-state index contributed by atoms with van der Waals surface area (Å²) in [5.74, 6) is 0. The Balaban J connectivity index is 2.46. The monoisotopic (exact) mass is 301 g/mol. The molecule has 94 valence electrons. The SMILES string of the molecule is O=[SH](=O)N(c1ccc(Cl)cc1)c1ccc(Cl)cc1. The maximum absolute atomic E-state index is 11.4. The van der Waals surface area contributed by atoms with E-state index in [1.807, 2.05) is 0 Å². The van der Waals surface area contributed by atoms with Crippen molar-refractivity contribution in [3.8, 4) is 0 Å². The van der Waals surface area contributed by atoms with Crippen molar-refractivity contribution in [2.75, 3.05) is 4.31 Å². The predicted molar refractivity (Wildman–Crippen MR) is 75.4 cm³/mol. The molecule has 2 rings (SSSR count). The van der Waals surface area contributed by atoms with Gasteiger partial charge in [0, 0.05) is 10.0 Å². The predicted octanol–water partition coefficient (Wildman–Crippen LogP) is 3.66. The van der Waals surface area contributed by atoms with Crippen molar-refractivity contribution in [1.29, 1.82) is 0 Å². The topological polar surface area (TPSA) is 37.4 Å². The second-order valence-electron chi connectivity index (χ2n) is 3.50. The summed E-state index contributed by atoms with van der Waals surface area (Å²) in [5, 5.41) is 1.10. The molecule has 0 saturated carbocycles. The Morgan fingerprint density at radius 3 is 1.33 bits per heavy atom. The van der Waals surface area contributed by atoms with Crippen molar-refractivity contribution in [2.24, 2.45) is 0 Å². The summed E-state index contributed by atoms with van der Waals surface area (Å²) in [6, 6.07) is 13.1. The average molecular weight is 302 g/mol. The van der Waals surface area contributed by atoms with Gasteiger partial charge in [-0.25, -0.2) is 12.7 Å². The Morgan fingerprint density at radius 1 is 0.722 bits per heavy atom. The van der Waals surface area contributed by atoms with E-state index in [2.05, 4.69) is 0 Å². The van der Waals surface area contributed by atoms with E-state index >= 15 is 0 Å². The molecule has 0 radical (unpaired) electrons. The van der Waals surface area contributed by atoms with E-state index in [0.717, 1.165) is 0 Å². The van der Waals surface area contributed by atoms with Crippen LogP contribution in [0.3, 0.4) is 0 Å². The van der Waals surface area contributed by atoms with Crippen LogP contribution in [-0.2, 0) is 10.9 Å². The lowest BCUT2D eigenvalue weighted by Gasteiger charge is -2.17. The van der Waals surface area contributed by atoms with Crippen LogP contribution in [0.4, 0.5) is 11.4 Å². The van der Waals surface area contributed by atoms with Gasteiger partial charge >= 0.3 is 0 Å². The fourth-order valence-corrected chi connectivity index (χ4v) is 2.40. The molecule has 2 aromatic rings. The number of benzene rings is 2. The zero-order chi connectivity index (χ0) is 13.1. The Hall–Kier alpha value is -1.23. The highest BCUT2D eigenvalue weighted by Gasteiger charge is 2.11. The molecule has 3 nitrogen and oxygen atoms in total. The lowest BCUT2D eigenvalue weighted by atomic mass is 10.2. The third-order valence-corrected chi connectivity index (χ3v) is 3.60. The quantitative estimate of drug-likeness (QED) is 0.879. The third kappa shape index (κ3) is 2.96. The van der Waals surface area contributed by atoms with Gasteiger partial charge in [0.1, 0.15) is 0 Å². The summed E-state index contributed by atoms with van der Waals surface area (Å²) in [5.41, 5.74) is 1.05. The maximum atomic E-state index is 11.4. The van der Waals surface area contributed by atoms with Gasteiger partial charge in [-0.05, 0) is 48.5 Å². The lowest BCUT2D eigenvalue weighted by molar-refractivity contribution is 0.614.